The molecule has 0 spiro atoms. The minimum atomic E-state index is -3.86. The highest BCUT2D eigenvalue weighted by atomic mass is 35.5. The maximum atomic E-state index is 13.2. The van der Waals surface area contributed by atoms with Crippen molar-refractivity contribution in [3.8, 4) is 11.1 Å². The average molecular weight is 856 g/mol. The summed E-state index contributed by atoms with van der Waals surface area (Å²) < 4.78 is 28.6. The number of hydrogen-bond acceptors (Lipinski definition) is 5. The van der Waals surface area contributed by atoms with Crippen LogP contribution in [-0.2, 0) is 34.3 Å². The molecule has 7 aromatic rings. The lowest BCUT2D eigenvalue weighted by atomic mass is 9.98. The summed E-state index contributed by atoms with van der Waals surface area (Å²) in [4.78, 5) is 39.4. The lowest BCUT2D eigenvalue weighted by Gasteiger charge is -2.13. The second kappa shape index (κ2) is 18.2. The van der Waals surface area contributed by atoms with E-state index in [1.54, 1.807) is 72.8 Å². The average Bonchev–Trinajstić information content (AvgIpc) is 3.24. The van der Waals surface area contributed by atoms with Crippen molar-refractivity contribution in [3.05, 3.63) is 195 Å². The van der Waals surface area contributed by atoms with Gasteiger partial charge in [-0.15, -0.1) is 0 Å². The number of anilines is 2. The topological polar surface area (TPSA) is 133 Å². The van der Waals surface area contributed by atoms with Crippen LogP contribution in [0.2, 0.25) is 10.0 Å². The lowest BCUT2D eigenvalue weighted by Crippen LogP contribution is -2.26. The van der Waals surface area contributed by atoms with Crippen molar-refractivity contribution in [2.45, 2.75) is 38.3 Å². The van der Waals surface area contributed by atoms with Gasteiger partial charge in [-0.1, -0.05) is 114 Å². The minimum absolute atomic E-state index is 0.0465. The first kappa shape index (κ1) is 41.7. The number of benzene rings is 7. The number of nitrogens with one attached hydrogen (secondary N) is 4. The largest absolute Gasteiger partial charge is 0.348 e. The summed E-state index contributed by atoms with van der Waals surface area (Å²) in [5, 5.41) is 11.5. The Balaban J connectivity index is 0.938. The molecule has 0 atom stereocenters. The highest BCUT2D eigenvalue weighted by Gasteiger charge is 2.18. The molecule has 0 saturated carbocycles. The molecule has 0 aliphatic rings. The molecule has 0 aliphatic carbocycles. The van der Waals surface area contributed by atoms with Crippen LogP contribution in [0.1, 0.15) is 48.5 Å². The van der Waals surface area contributed by atoms with E-state index in [0.717, 1.165) is 49.7 Å². The smallest absolute Gasteiger partial charge is 0.261 e. The van der Waals surface area contributed by atoms with Crippen LogP contribution < -0.4 is 20.7 Å². The van der Waals surface area contributed by atoms with Crippen molar-refractivity contribution in [3.63, 3.8) is 0 Å². The molecule has 9 nitrogen and oxygen atoms in total. The molecule has 7 aromatic carbocycles. The first-order chi connectivity index (χ1) is 28.8. The number of carbonyl (C=O) groups is 3. The van der Waals surface area contributed by atoms with Gasteiger partial charge in [0.1, 0.15) is 0 Å². The Morgan fingerprint density at radius 1 is 0.567 bits per heavy atom. The third-order valence-electron chi connectivity index (χ3n) is 10.0. The van der Waals surface area contributed by atoms with E-state index in [9.17, 15) is 22.8 Å². The van der Waals surface area contributed by atoms with E-state index < -0.39 is 10.0 Å². The van der Waals surface area contributed by atoms with Crippen molar-refractivity contribution in [1.29, 1.82) is 0 Å². The van der Waals surface area contributed by atoms with Crippen molar-refractivity contribution in [2.75, 3.05) is 10.0 Å². The van der Waals surface area contributed by atoms with Gasteiger partial charge in [-0.2, -0.15) is 0 Å². The van der Waals surface area contributed by atoms with Gasteiger partial charge in [-0.25, -0.2) is 8.42 Å². The van der Waals surface area contributed by atoms with Crippen LogP contribution in [-0.4, -0.2) is 26.1 Å². The molecule has 0 unspecified atom stereocenters. The molecule has 0 bridgehead atoms. The van der Waals surface area contributed by atoms with Crippen LogP contribution in [0, 0.1) is 13.8 Å². The third kappa shape index (κ3) is 10.2. The number of sulfonamides is 1. The van der Waals surface area contributed by atoms with Crippen LogP contribution in [0.3, 0.4) is 0 Å². The molecule has 0 aromatic heterocycles. The summed E-state index contributed by atoms with van der Waals surface area (Å²) in [5.41, 5.74) is 7.69. The zero-order valence-electron chi connectivity index (χ0n) is 32.7. The van der Waals surface area contributed by atoms with E-state index in [4.69, 9.17) is 23.2 Å². The van der Waals surface area contributed by atoms with Crippen molar-refractivity contribution in [1.82, 2.24) is 10.6 Å². The highest BCUT2D eigenvalue weighted by molar-refractivity contribution is 7.92. The van der Waals surface area contributed by atoms with E-state index in [1.807, 2.05) is 68.4 Å². The van der Waals surface area contributed by atoms with Crippen LogP contribution in [0.4, 0.5) is 11.4 Å². The maximum absolute atomic E-state index is 13.2. The fourth-order valence-electron chi connectivity index (χ4n) is 6.62. The molecule has 4 N–H and O–H groups in total. The Hall–Kier alpha value is -6.46. The van der Waals surface area contributed by atoms with Gasteiger partial charge in [-0.05, 0) is 118 Å². The quantitative estimate of drug-likeness (QED) is 0.0917. The second-order valence-corrected chi connectivity index (χ2v) is 16.9. The lowest BCUT2D eigenvalue weighted by molar-refractivity contribution is -0.115. The molecule has 0 heterocycles. The standard InChI is InChI=1S/C48H40Cl2N4O5S/c1-30-8-14-39(26-42(30)48(57)52-29-34-13-21-43(49)44(50)23-34)47(56)51-28-32-10-15-35(16-11-32)37-19-18-36-22-33(12-17-38(36)25-37)24-46(55)53-45-27-41(20-9-31(45)2)60(58,59)54-40-6-4-3-5-7-40/h3-23,25-27,54H,24,28-29H2,1-2H3,(H,51,56)(H,52,57)(H,53,55). The number of rotatable bonds is 13. The summed E-state index contributed by atoms with van der Waals surface area (Å²) in [6.45, 7) is 4.19. The fraction of sp³-hybridized carbons (Fsp3) is 0.104. The molecule has 0 saturated heterocycles. The summed E-state index contributed by atoms with van der Waals surface area (Å²) >= 11 is 12.1. The second-order valence-electron chi connectivity index (χ2n) is 14.4. The fourth-order valence-corrected chi connectivity index (χ4v) is 8.03. The Bertz CT molecular complexity index is 2870. The molecular weight excluding hydrogens is 816 g/mol. The number of para-hydroxylation sites is 1. The van der Waals surface area contributed by atoms with E-state index in [1.165, 1.54) is 12.1 Å². The maximum Gasteiger partial charge on any atom is 0.261 e. The molecule has 0 fully saturated rings. The van der Waals surface area contributed by atoms with Crippen LogP contribution >= 0.6 is 23.2 Å². The number of carbonyl (C=O) groups excluding carboxylic acids is 3. The summed E-state index contributed by atoms with van der Waals surface area (Å²) in [5.74, 6) is -0.862. The molecule has 60 heavy (non-hydrogen) atoms. The van der Waals surface area contributed by atoms with Gasteiger partial charge in [0, 0.05) is 35.6 Å². The van der Waals surface area contributed by atoms with Gasteiger partial charge >= 0.3 is 0 Å². The van der Waals surface area contributed by atoms with Crippen LogP contribution in [0.15, 0.2) is 150 Å². The minimum Gasteiger partial charge on any atom is -0.348 e. The monoisotopic (exact) mass is 854 g/mol. The first-order valence-electron chi connectivity index (χ1n) is 19.0. The van der Waals surface area contributed by atoms with Gasteiger partial charge in [-0.3, -0.25) is 19.1 Å². The van der Waals surface area contributed by atoms with Crippen LogP contribution in [0.5, 0.6) is 0 Å². The number of hydrogen-bond donors (Lipinski definition) is 4. The summed E-state index contributed by atoms with van der Waals surface area (Å²) in [7, 11) is -3.86. The Kier molecular flexibility index (Phi) is 12.7. The molecule has 0 aliphatic heterocycles. The van der Waals surface area contributed by atoms with Gasteiger partial charge in [0.05, 0.1) is 21.4 Å². The molecule has 3 amide bonds. The SMILES string of the molecule is Cc1ccc(S(=O)(=O)Nc2ccccc2)cc1NC(=O)Cc1ccc2cc(-c3ccc(CNC(=O)c4ccc(C)c(C(=O)NCc5ccc(Cl)c(Cl)c5)c4)cc3)ccc2c1. The van der Waals surface area contributed by atoms with Crippen molar-refractivity contribution >= 4 is 73.1 Å². The number of amides is 3. The van der Waals surface area contributed by atoms with E-state index in [0.29, 0.717) is 39.1 Å². The predicted octanol–water partition coefficient (Wildman–Crippen LogP) is 10.3. The first-order valence-corrected chi connectivity index (χ1v) is 21.3. The van der Waals surface area contributed by atoms with Crippen LogP contribution in [0.25, 0.3) is 21.9 Å². The molecule has 302 valence electrons. The van der Waals surface area contributed by atoms with E-state index in [2.05, 4.69) is 26.7 Å². The number of aryl methyl sites for hydroxylation is 2. The zero-order chi connectivity index (χ0) is 42.4. The Morgan fingerprint density at radius 3 is 1.98 bits per heavy atom. The van der Waals surface area contributed by atoms with Gasteiger partial charge < -0.3 is 16.0 Å². The Morgan fingerprint density at radius 2 is 1.22 bits per heavy atom. The third-order valence-corrected chi connectivity index (χ3v) is 12.1. The van der Waals surface area contributed by atoms with Gasteiger partial charge in [0.2, 0.25) is 5.91 Å². The Labute approximate surface area is 358 Å². The highest BCUT2D eigenvalue weighted by Crippen LogP contribution is 2.28. The summed E-state index contributed by atoms with van der Waals surface area (Å²) in [6, 6.07) is 43.4. The normalized spacial score (nSPS) is 11.2. The molecule has 0 radical (unpaired) electrons. The summed E-state index contributed by atoms with van der Waals surface area (Å²) in [6.07, 6.45) is 0.107. The van der Waals surface area contributed by atoms with Gasteiger partial charge in [0.25, 0.3) is 21.8 Å². The van der Waals surface area contributed by atoms with Crippen molar-refractivity contribution < 1.29 is 22.8 Å². The number of fused-ring (bicyclic) bond motifs is 1. The molecule has 7 rings (SSSR count). The van der Waals surface area contributed by atoms with Gasteiger partial charge in [0.15, 0.2) is 0 Å². The van der Waals surface area contributed by atoms with Crippen molar-refractivity contribution in [2.24, 2.45) is 0 Å². The predicted molar refractivity (Wildman–Crippen MR) is 240 cm³/mol. The van der Waals surface area contributed by atoms with E-state index in [-0.39, 0.29) is 35.6 Å². The number of halogens is 2. The molecule has 12 heteroatoms. The molecular formula is C48H40Cl2N4O5S. The zero-order valence-corrected chi connectivity index (χ0v) is 35.0. The van der Waals surface area contributed by atoms with E-state index >= 15 is 0 Å².